The van der Waals surface area contributed by atoms with Crippen molar-refractivity contribution in [1.82, 2.24) is 9.80 Å². The van der Waals surface area contributed by atoms with Crippen LogP contribution in [0.25, 0.3) is 0 Å². The maximum atomic E-state index is 11.3. The lowest BCUT2D eigenvalue weighted by molar-refractivity contribution is -0.148. The zero-order chi connectivity index (χ0) is 22.3. The van der Waals surface area contributed by atoms with Crippen molar-refractivity contribution in [2.24, 2.45) is 11.5 Å². The second kappa shape index (κ2) is 8.22. The van der Waals surface area contributed by atoms with E-state index >= 15 is 0 Å². The van der Waals surface area contributed by atoms with Crippen LogP contribution in [0.1, 0.15) is 0 Å². The highest BCUT2D eigenvalue weighted by Crippen LogP contribution is 2.39. The summed E-state index contributed by atoms with van der Waals surface area (Å²) in [6.07, 6.45) is 0.952. The Hall–Kier alpha value is -2.68. The molecule has 0 saturated carbocycles. The summed E-state index contributed by atoms with van der Waals surface area (Å²) in [7, 11) is 0. The molecular formula is C16H16N4O8S2. The smallest absolute Gasteiger partial charge is 0.353 e. The van der Waals surface area contributed by atoms with Crippen LogP contribution in [0.15, 0.2) is 22.5 Å². The van der Waals surface area contributed by atoms with Gasteiger partial charge in [0.05, 0.1) is 0 Å². The van der Waals surface area contributed by atoms with Crippen LogP contribution in [0.5, 0.6) is 0 Å². The zero-order valence-electron chi connectivity index (χ0n) is 15.1. The first-order valence-electron chi connectivity index (χ1n) is 8.39. The summed E-state index contributed by atoms with van der Waals surface area (Å²) in [5.41, 5.74) is 10.8. The molecule has 4 rings (SSSR count). The predicted molar refractivity (Wildman–Crippen MR) is 104 cm³/mol. The standard InChI is InChI=1S/2C8H8N2O4S/c2*9-4-6(12)10-5(8(13)14)3(1-11)2-15-7(4)10/h2*1,4,7H,2,9H2,(H,13,14)/t4?,7-;4-,7-/m01/s1. The lowest BCUT2D eigenvalue weighted by atomic mass is 10.0. The van der Waals surface area contributed by atoms with Crippen molar-refractivity contribution in [1.29, 1.82) is 0 Å². The van der Waals surface area contributed by atoms with Crippen molar-refractivity contribution in [3.8, 4) is 0 Å². The maximum absolute atomic E-state index is 11.3. The first kappa shape index (κ1) is 22.0. The molecule has 0 spiro atoms. The number of amides is 2. The molecule has 0 aromatic heterocycles. The van der Waals surface area contributed by atoms with Crippen LogP contribution < -0.4 is 11.5 Å². The Balaban J connectivity index is 0.000000171. The number of thioether (sulfide) groups is 2. The average molecular weight is 456 g/mol. The summed E-state index contributed by atoms with van der Waals surface area (Å²) in [5.74, 6) is -2.83. The number of rotatable bonds is 4. The molecule has 30 heavy (non-hydrogen) atoms. The number of carboxylic acids is 2. The highest BCUT2D eigenvalue weighted by Gasteiger charge is 2.52. The number of aldehydes is 2. The Kier molecular flexibility index (Phi) is 6.03. The van der Waals surface area contributed by atoms with E-state index in [9.17, 15) is 28.8 Å². The fourth-order valence-corrected chi connectivity index (χ4v) is 5.74. The van der Waals surface area contributed by atoms with Gasteiger partial charge in [0.25, 0.3) is 0 Å². The van der Waals surface area contributed by atoms with Gasteiger partial charge in [-0.3, -0.25) is 29.0 Å². The zero-order valence-corrected chi connectivity index (χ0v) is 16.7. The molecule has 12 nitrogen and oxygen atoms in total. The van der Waals surface area contributed by atoms with E-state index in [0.717, 1.165) is 9.80 Å². The molecule has 1 unspecified atom stereocenters. The van der Waals surface area contributed by atoms with Crippen molar-refractivity contribution in [2.75, 3.05) is 11.5 Å². The van der Waals surface area contributed by atoms with Crippen LogP contribution in [-0.4, -0.2) is 90.7 Å². The number of aliphatic carboxylic acids is 2. The number of hydrogen-bond donors (Lipinski definition) is 4. The van der Waals surface area contributed by atoms with Gasteiger partial charge in [0.15, 0.2) is 0 Å². The quantitative estimate of drug-likeness (QED) is 0.257. The molecule has 0 aromatic rings. The minimum absolute atomic E-state index is 0.129. The molecular weight excluding hydrogens is 440 g/mol. The number of β-lactam (4-membered cyclic amide) rings is 2. The van der Waals surface area contributed by atoms with Crippen LogP contribution in [0.2, 0.25) is 0 Å². The first-order valence-corrected chi connectivity index (χ1v) is 10.5. The Bertz CT molecular complexity index is 858. The third-order valence-corrected chi connectivity index (χ3v) is 7.41. The molecule has 2 amide bonds. The van der Waals surface area contributed by atoms with Crippen LogP contribution in [0.4, 0.5) is 0 Å². The van der Waals surface area contributed by atoms with Crippen molar-refractivity contribution in [3.05, 3.63) is 22.5 Å². The van der Waals surface area contributed by atoms with Crippen molar-refractivity contribution < 1.29 is 39.0 Å². The van der Waals surface area contributed by atoms with Crippen LogP contribution in [0.3, 0.4) is 0 Å². The molecule has 2 fully saturated rings. The lowest BCUT2D eigenvalue weighted by Crippen LogP contribution is -2.68. The second-order valence-electron chi connectivity index (χ2n) is 6.46. The van der Waals surface area contributed by atoms with E-state index in [4.69, 9.17) is 21.7 Å². The van der Waals surface area contributed by atoms with Gasteiger partial charge in [0, 0.05) is 22.7 Å². The number of fused-ring (bicyclic) bond motifs is 2. The van der Waals surface area contributed by atoms with Gasteiger partial charge >= 0.3 is 11.9 Å². The maximum Gasteiger partial charge on any atom is 0.353 e. The average Bonchev–Trinajstić information content (AvgIpc) is 2.75. The summed E-state index contributed by atoms with van der Waals surface area (Å²) in [4.78, 5) is 68.0. The Morgan fingerprint density at radius 1 is 0.833 bits per heavy atom. The minimum Gasteiger partial charge on any atom is -0.477 e. The molecule has 4 aliphatic rings. The molecule has 0 aliphatic carbocycles. The Morgan fingerprint density at radius 3 is 1.43 bits per heavy atom. The normalized spacial score (nSPS) is 29.7. The van der Waals surface area contributed by atoms with Gasteiger partial charge in [0.1, 0.15) is 46.8 Å². The van der Waals surface area contributed by atoms with E-state index in [1.165, 1.54) is 23.5 Å². The summed E-state index contributed by atoms with van der Waals surface area (Å²) in [5, 5.41) is 17.1. The molecule has 2 saturated heterocycles. The third kappa shape index (κ3) is 3.30. The minimum atomic E-state index is -1.26. The lowest BCUT2D eigenvalue weighted by Gasteiger charge is -2.47. The van der Waals surface area contributed by atoms with Gasteiger partial charge < -0.3 is 21.7 Å². The van der Waals surface area contributed by atoms with Crippen molar-refractivity contribution in [2.45, 2.75) is 22.8 Å². The van der Waals surface area contributed by atoms with Gasteiger partial charge in [-0.2, -0.15) is 0 Å². The van der Waals surface area contributed by atoms with Crippen LogP contribution in [0, 0.1) is 0 Å². The highest BCUT2D eigenvalue weighted by atomic mass is 32.2. The fraction of sp³-hybridized carbons (Fsp3) is 0.375. The number of hydrogen-bond acceptors (Lipinski definition) is 10. The predicted octanol–water partition coefficient (Wildman–Crippen LogP) is -2.47. The van der Waals surface area contributed by atoms with E-state index in [1.54, 1.807) is 0 Å². The summed E-state index contributed by atoms with van der Waals surface area (Å²) >= 11 is 2.61. The van der Waals surface area contributed by atoms with E-state index < -0.39 is 35.8 Å². The van der Waals surface area contributed by atoms with Crippen LogP contribution in [-0.2, 0) is 28.8 Å². The number of carboxylic acid groups (broad SMARTS) is 2. The van der Waals surface area contributed by atoms with E-state index in [-0.39, 0.29) is 44.8 Å². The summed E-state index contributed by atoms with van der Waals surface area (Å²) in [6, 6.07) is -1.31. The largest absolute Gasteiger partial charge is 0.477 e. The summed E-state index contributed by atoms with van der Waals surface area (Å²) < 4.78 is 0. The molecule has 160 valence electrons. The number of carbonyl (C=O) groups excluding carboxylic acids is 4. The number of nitrogens with two attached hydrogens (primary N) is 2. The van der Waals surface area contributed by atoms with Crippen LogP contribution >= 0.6 is 23.5 Å². The van der Waals surface area contributed by atoms with Crippen molar-refractivity contribution >= 4 is 59.8 Å². The second-order valence-corrected chi connectivity index (χ2v) is 8.67. The van der Waals surface area contributed by atoms with Gasteiger partial charge in [-0.15, -0.1) is 23.5 Å². The number of carbonyl (C=O) groups is 6. The van der Waals surface area contributed by atoms with E-state index in [2.05, 4.69) is 0 Å². The molecule has 4 aliphatic heterocycles. The van der Waals surface area contributed by atoms with E-state index in [1.807, 2.05) is 0 Å². The fourth-order valence-electron chi connectivity index (χ4n) is 3.26. The van der Waals surface area contributed by atoms with Gasteiger partial charge in [-0.1, -0.05) is 0 Å². The molecule has 0 bridgehead atoms. The van der Waals surface area contributed by atoms with E-state index in [0.29, 0.717) is 12.6 Å². The van der Waals surface area contributed by atoms with Gasteiger partial charge in [-0.05, 0) is 0 Å². The van der Waals surface area contributed by atoms with Gasteiger partial charge in [0.2, 0.25) is 11.8 Å². The molecule has 4 atom stereocenters. The molecule has 14 heteroatoms. The SMILES string of the molecule is NC1C(=O)N2C(C(=O)O)=C(C=O)CS[C@@H]12.N[C@@H]1C(=O)N2C(C(=O)O)=C(C=O)CS[C@H]12. The first-order chi connectivity index (χ1) is 14.1. The topological polar surface area (TPSA) is 201 Å². The van der Waals surface area contributed by atoms with Crippen molar-refractivity contribution in [3.63, 3.8) is 0 Å². The molecule has 4 heterocycles. The Labute approximate surface area is 177 Å². The number of nitrogens with zero attached hydrogens (tertiary/aromatic N) is 2. The third-order valence-electron chi connectivity index (χ3n) is 4.77. The molecule has 6 N–H and O–H groups in total. The molecule has 0 aromatic carbocycles. The van der Waals surface area contributed by atoms with Gasteiger partial charge in [-0.25, -0.2) is 9.59 Å². The highest BCUT2D eigenvalue weighted by molar-refractivity contribution is 8.00. The monoisotopic (exact) mass is 456 g/mol. The Morgan fingerprint density at radius 2 is 1.17 bits per heavy atom. The summed E-state index contributed by atoms with van der Waals surface area (Å²) in [6.45, 7) is 0. The molecule has 0 radical (unpaired) electrons.